The number of amides is 1. The van der Waals surface area contributed by atoms with Gasteiger partial charge in [0.15, 0.2) is 11.5 Å². The van der Waals surface area contributed by atoms with Crippen molar-refractivity contribution in [2.24, 2.45) is 5.92 Å². The van der Waals surface area contributed by atoms with Crippen molar-refractivity contribution >= 4 is 29.0 Å². The van der Waals surface area contributed by atoms with Crippen LogP contribution in [-0.2, 0) is 4.79 Å². The number of aromatic nitrogens is 4. The van der Waals surface area contributed by atoms with Gasteiger partial charge in [0.25, 0.3) is 0 Å². The van der Waals surface area contributed by atoms with Gasteiger partial charge in [-0.15, -0.1) is 15.3 Å². The number of hydrogen-bond acceptors (Lipinski definition) is 6. The van der Waals surface area contributed by atoms with Crippen LogP contribution in [0.1, 0.15) is 26.7 Å². The lowest BCUT2D eigenvalue weighted by atomic mass is 9.96. The fourth-order valence-corrected chi connectivity index (χ4v) is 4.24. The third-order valence-corrected chi connectivity index (χ3v) is 6.41. The van der Waals surface area contributed by atoms with Crippen molar-refractivity contribution in [3.63, 3.8) is 0 Å². The van der Waals surface area contributed by atoms with Crippen LogP contribution in [0.25, 0.3) is 17.0 Å². The van der Waals surface area contributed by atoms with Crippen molar-refractivity contribution in [2.75, 3.05) is 44.2 Å². The molecule has 0 saturated carbocycles. The Labute approximate surface area is 193 Å². The summed E-state index contributed by atoms with van der Waals surface area (Å²) in [4.78, 5) is 17.1. The second-order valence-electron chi connectivity index (χ2n) is 8.07. The van der Waals surface area contributed by atoms with Gasteiger partial charge in [-0.25, -0.2) is 0 Å². The van der Waals surface area contributed by atoms with Gasteiger partial charge in [-0.3, -0.25) is 4.79 Å². The molecule has 170 valence electrons. The minimum atomic E-state index is 0.0613. The molecule has 1 fully saturated rings. The number of anilines is 1. The first-order valence-corrected chi connectivity index (χ1v) is 11.7. The van der Waals surface area contributed by atoms with Gasteiger partial charge in [0, 0.05) is 42.7 Å². The van der Waals surface area contributed by atoms with Crippen LogP contribution >= 0.6 is 11.6 Å². The zero-order valence-electron chi connectivity index (χ0n) is 18.7. The monoisotopic (exact) mass is 455 g/mol. The summed E-state index contributed by atoms with van der Waals surface area (Å²) in [5.41, 5.74) is 1.60. The summed E-state index contributed by atoms with van der Waals surface area (Å²) in [6, 6.07) is 11.4. The van der Waals surface area contributed by atoms with E-state index in [1.54, 1.807) is 4.52 Å². The molecule has 1 aliphatic rings. The smallest absolute Gasteiger partial charge is 0.223 e. The molecule has 1 saturated heterocycles. The number of halogens is 1. The maximum Gasteiger partial charge on any atom is 0.223 e. The van der Waals surface area contributed by atoms with Gasteiger partial charge < -0.3 is 15.1 Å². The van der Waals surface area contributed by atoms with Crippen LogP contribution in [0.3, 0.4) is 0 Å². The Kier molecular flexibility index (Phi) is 7.22. The number of nitrogens with zero attached hydrogens (tertiary/aromatic N) is 6. The molecule has 3 aromatic rings. The van der Waals surface area contributed by atoms with Gasteiger partial charge in [0.2, 0.25) is 5.91 Å². The van der Waals surface area contributed by atoms with E-state index in [1.807, 2.05) is 36.4 Å². The summed E-state index contributed by atoms with van der Waals surface area (Å²) in [6.07, 6.45) is 1.64. The van der Waals surface area contributed by atoms with Gasteiger partial charge in [0.05, 0.1) is 0 Å². The largest absolute Gasteiger partial charge is 0.355 e. The number of carbonyl (C=O) groups excluding carboxylic acids is 1. The highest BCUT2D eigenvalue weighted by Crippen LogP contribution is 2.24. The molecule has 1 aromatic carbocycles. The van der Waals surface area contributed by atoms with Crippen LogP contribution in [0.4, 0.5) is 5.82 Å². The number of nitrogens with one attached hydrogen (secondary N) is 1. The molecule has 3 heterocycles. The lowest BCUT2D eigenvalue weighted by molar-refractivity contribution is -0.125. The highest BCUT2D eigenvalue weighted by atomic mass is 35.5. The second kappa shape index (κ2) is 10.3. The Morgan fingerprint density at radius 3 is 2.50 bits per heavy atom. The van der Waals surface area contributed by atoms with E-state index in [2.05, 4.69) is 39.2 Å². The van der Waals surface area contributed by atoms with E-state index in [4.69, 9.17) is 16.7 Å². The number of piperidine rings is 1. The summed E-state index contributed by atoms with van der Waals surface area (Å²) in [6.45, 7) is 9.50. The molecule has 9 heteroatoms. The molecular formula is C23H30ClN7O. The van der Waals surface area contributed by atoms with Gasteiger partial charge in [-0.05, 0) is 62.3 Å². The average Bonchev–Trinajstić information content (AvgIpc) is 3.25. The first-order chi connectivity index (χ1) is 15.6. The normalized spacial score (nSPS) is 14.9. The lowest BCUT2D eigenvalue weighted by Gasteiger charge is -2.32. The first-order valence-electron chi connectivity index (χ1n) is 11.3. The molecule has 1 aliphatic heterocycles. The number of fused-ring (bicyclic) bond motifs is 1. The SMILES string of the molecule is CCN(CC)CCNC(=O)C1CCN(c2ccc3nnc(-c4ccc(Cl)cc4)n3n2)CC1. The van der Waals surface area contributed by atoms with Gasteiger partial charge in [0.1, 0.15) is 5.82 Å². The maximum atomic E-state index is 12.6. The van der Waals surface area contributed by atoms with Gasteiger partial charge in [-0.1, -0.05) is 25.4 Å². The van der Waals surface area contributed by atoms with E-state index >= 15 is 0 Å². The van der Waals surface area contributed by atoms with E-state index in [0.29, 0.717) is 23.0 Å². The van der Waals surface area contributed by atoms with Crippen LogP contribution in [0.5, 0.6) is 0 Å². The molecule has 0 bridgehead atoms. The van der Waals surface area contributed by atoms with E-state index in [0.717, 1.165) is 56.9 Å². The Bertz CT molecular complexity index is 1040. The maximum absolute atomic E-state index is 12.6. The quantitative estimate of drug-likeness (QED) is 0.562. The Morgan fingerprint density at radius 2 is 1.81 bits per heavy atom. The predicted molar refractivity (Wildman–Crippen MR) is 127 cm³/mol. The Morgan fingerprint density at radius 1 is 1.09 bits per heavy atom. The standard InChI is InChI=1S/C23H30ClN7O/c1-3-29(4-2)16-13-25-23(32)18-11-14-30(15-12-18)21-10-9-20-26-27-22(31(20)28-21)17-5-7-19(24)8-6-17/h5-10,18H,3-4,11-16H2,1-2H3,(H,25,32). The molecule has 0 atom stereocenters. The van der Waals surface area contributed by atoms with E-state index in [1.165, 1.54) is 0 Å². The minimum absolute atomic E-state index is 0.0613. The van der Waals surface area contributed by atoms with E-state index in [-0.39, 0.29) is 11.8 Å². The van der Waals surface area contributed by atoms with Crippen LogP contribution in [0.2, 0.25) is 5.02 Å². The van der Waals surface area contributed by atoms with E-state index < -0.39 is 0 Å². The number of hydrogen-bond donors (Lipinski definition) is 1. The number of benzene rings is 1. The van der Waals surface area contributed by atoms with Crippen molar-refractivity contribution < 1.29 is 4.79 Å². The van der Waals surface area contributed by atoms with Gasteiger partial charge >= 0.3 is 0 Å². The zero-order valence-corrected chi connectivity index (χ0v) is 19.4. The van der Waals surface area contributed by atoms with Gasteiger partial charge in [-0.2, -0.15) is 4.52 Å². The molecule has 2 aromatic heterocycles. The molecular weight excluding hydrogens is 426 g/mol. The third-order valence-electron chi connectivity index (χ3n) is 6.16. The number of carbonyl (C=O) groups is 1. The molecule has 0 radical (unpaired) electrons. The van der Waals surface area contributed by atoms with Crippen LogP contribution in [-0.4, -0.2) is 69.9 Å². The molecule has 32 heavy (non-hydrogen) atoms. The fraction of sp³-hybridized carbons (Fsp3) is 0.478. The van der Waals surface area contributed by atoms with Crippen molar-refractivity contribution in [1.82, 2.24) is 30.0 Å². The summed E-state index contributed by atoms with van der Waals surface area (Å²) in [5, 5.41) is 17.1. The van der Waals surface area contributed by atoms with Crippen LogP contribution < -0.4 is 10.2 Å². The van der Waals surface area contributed by atoms with Crippen LogP contribution in [0, 0.1) is 5.92 Å². The molecule has 4 rings (SSSR count). The fourth-order valence-electron chi connectivity index (χ4n) is 4.12. The highest BCUT2D eigenvalue weighted by Gasteiger charge is 2.26. The highest BCUT2D eigenvalue weighted by molar-refractivity contribution is 6.30. The number of likely N-dealkylation sites (N-methyl/N-ethyl adjacent to an activating group) is 1. The molecule has 8 nitrogen and oxygen atoms in total. The molecule has 0 unspecified atom stereocenters. The molecule has 0 spiro atoms. The van der Waals surface area contributed by atoms with Crippen LogP contribution in [0.15, 0.2) is 36.4 Å². The van der Waals surface area contributed by atoms with Crippen molar-refractivity contribution in [3.8, 4) is 11.4 Å². The summed E-state index contributed by atoms with van der Waals surface area (Å²) in [7, 11) is 0. The van der Waals surface area contributed by atoms with Crippen molar-refractivity contribution in [3.05, 3.63) is 41.4 Å². The molecule has 1 amide bonds. The topological polar surface area (TPSA) is 78.7 Å². The third kappa shape index (κ3) is 5.02. The molecule has 0 aliphatic carbocycles. The minimum Gasteiger partial charge on any atom is -0.355 e. The summed E-state index contributed by atoms with van der Waals surface area (Å²) < 4.78 is 1.77. The van der Waals surface area contributed by atoms with E-state index in [9.17, 15) is 4.79 Å². The second-order valence-corrected chi connectivity index (χ2v) is 8.51. The molecule has 1 N–H and O–H groups in total. The van der Waals surface area contributed by atoms with Crippen molar-refractivity contribution in [2.45, 2.75) is 26.7 Å². The summed E-state index contributed by atoms with van der Waals surface area (Å²) in [5.74, 6) is 1.78. The Balaban J connectivity index is 1.38. The lowest BCUT2D eigenvalue weighted by Crippen LogP contribution is -2.43. The Hall–Kier alpha value is -2.71. The number of rotatable bonds is 8. The predicted octanol–water partition coefficient (Wildman–Crippen LogP) is 3.12. The summed E-state index contributed by atoms with van der Waals surface area (Å²) >= 11 is 6.01. The average molecular weight is 456 g/mol. The van der Waals surface area contributed by atoms with Crippen molar-refractivity contribution in [1.29, 1.82) is 0 Å². The zero-order chi connectivity index (χ0) is 22.5. The first kappa shape index (κ1) is 22.5.